The van der Waals surface area contributed by atoms with Crippen LogP contribution in [-0.2, 0) is 0 Å². The molecule has 0 bridgehead atoms. The van der Waals surface area contributed by atoms with Crippen LogP contribution in [0.15, 0.2) is 24.3 Å². The Labute approximate surface area is 116 Å². The Morgan fingerprint density at radius 2 is 2.16 bits per heavy atom. The number of ether oxygens (including phenoxy) is 1. The minimum atomic E-state index is 0.561. The fraction of sp³-hybridized carbons (Fsp3) is 0.625. The highest BCUT2D eigenvalue weighted by atomic mass is 16.5. The third kappa shape index (κ3) is 3.87. The summed E-state index contributed by atoms with van der Waals surface area (Å²) < 4.78 is 5.81. The summed E-state index contributed by atoms with van der Waals surface area (Å²) in [6, 6.07) is 8.96. The van der Waals surface area contributed by atoms with Gasteiger partial charge in [-0.3, -0.25) is 0 Å². The highest BCUT2D eigenvalue weighted by Gasteiger charge is 2.18. The standard InChI is InChI=1S/C16H26N2O/c1-3-10-17-14(4-2)13-18-11-7-12-19-16-9-6-5-8-15(16)18/h5-6,8-9,14,17H,3-4,7,10-13H2,1-2H3. The topological polar surface area (TPSA) is 24.5 Å². The van der Waals surface area contributed by atoms with Gasteiger partial charge in [-0.2, -0.15) is 0 Å². The molecule has 1 aromatic rings. The first-order valence-corrected chi connectivity index (χ1v) is 7.55. The largest absolute Gasteiger partial charge is 0.491 e. The van der Waals surface area contributed by atoms with Gasteiger partial charge in [0.1, 0.15) is 5.75 Å². The summed E-state index contributed by atoms with van der Waals surface area (Å²) in [5, 5.41) is 3.64. The van der Waals surface area contributed by atoms with Crippen molar-refractivity contribution in [2.45, 2.75) is 39.2 Å². The number of hydrogen-bond acceptors (Lipinski definition) is 3. The van der Waals surface area contributed by atoms with E-state index in [0.717, 1.165) is 38.4 Å². The van der Waals surface area contributed by atoms with E-state index in [4.69, 9.17) is 4.74 Å². The molecule has 0 saturated heterocycles. The van der Waals surface area contributed by atoms with Crippen molar-refractivity contribution in [1.29, 1.82) is 0 Å². The summed E-state index contributed by atoms with van der Waals surface area (Å²) in [4.78, 5) is 2.47. The first-order chi connectivity index (χ1) is 9.35. The number of nitrogens with zero attached hydrogens (tertiary/aromatic N) is 1. The zero-order valence-corrected chi connectivity index (χ0v) is 12.2. The minimum Gasteiger partial charge on any atom is -0.491 e. The van der Waals surface area contributed by atoms with E-state index in [9.17, 15) is 0 Å². The maximum Gasteiger partial charge on any atom is 0.142 e. The Kier molecular flexibility index (Phi) is 5.52. The van der Waals surface area contributed by atoms with Gasteiger partial charge in [0.15, 0.2) is 0 Å². The molecule has 3 nitrogen and oxygen atoms in total. The maximum atomic E-state index is 5.81. The molecule has 0 radical (unpaired) electrons. The maximum absolute atomic E-state index is 5.81. The molecule has 0 amide bonds. The number of para-hydroxylation sites is 2. The van der Waals surface area contributed by atoms with Crippen LogP contribution in [0.1, 0.15) is 33.1 Å². The van der Waals surface area contributed by atoms with E-state index in [0.29, 0.717) is 6.04 Å². The molecule has 1 aliphatic heterocycles. The van der Waals surface area contributed by atoms with Crippen LogP contribution < -0.4 is 15.0 Å². The van der Waals surface area contributed by atoms with Gasteiger partial charge in [0, 0.05) is 19.1 Å². The van der Waals surface area contributed by atoms with Gasteiger partial charge in [0.25, 0.3) is 0 Å². The number of fused-ring (bicyclic) bond motifs is 1. The number of rotatable bonds is 6. The molecule has 1 aliphatic rings. The molecule has 2 rings (SSSR count). The average Bonchev–Trinajstić information content (AvgIpc) is 2.66. The van der Waals surface area contributed by atoms with Gasteiger partial charge in [0.2, 0.25) is 0 Å². The first kappa shape index (κ1) is 14.2. The molecule has 0 fully saturated rings. The van der Waals surface area contributed by atoms with Crippen LogP contribution in [0.25, 0.3) is 0 Å². The molecular formula is C16H26N2O. The predicted octanol–water partition coefficient (Wildman–Crippen LogP) is 3.05. The van der Waals surface area contributed by atoms with Gasteiger partial charge in [-0.05, 0) is 37.9 Å². The van der Waals surface area contributed by atoms with Crippen LogP contribution >= 0.6 is 0 Å². The Hall–Kier alpha value is -1.22. The molecule has 0 spiro atoms. The Morgan fingerprint density at radius 1 is 1.32 bits per heavy atom. The molecular weight excluding hydrogens is 236 g/mol. The second-order valence-electron chi connectivity index (χ2n) is 5.18. The lowest BCUT2D eigenvalue weighted by molar-refractivity contribution is 0.322. The summed E-state index contributed by atoms with van der Waals surface area (Å²) in [7, 11) is 0. The average molecular weight is 262 g/mol. The summed E-state index contributed by atoms with van der Waals surface area (Å²) in [6.07, 6.45) is 3.45. The van der Waals surface area contributed by atoms with Crippen molar-refractivity contribution in [3.8, 4) is 5.75 Å². The fourth-order valence-electron chi connectivity index (χ4n) is 2.54. The van der Waals surface area contributed by atoms with Crippen molar-refractivity contribution in [1.82, 2.24) is 5.32 Å². The Bertz CT molecular complexity index is 381. The van der Waals surface area contributed by atoms with E-state index in [1.54, 1.807) is 0 Å². The van der Waals surface area contributed by atoms with Crippen molar-refractivity contribution < 1.29 is 4.74 Å². The second kappa shape index (κ2) is 7.39. The smallest absolute Gasteiger partial charge is 0.142 e. The van der Waals surface area contributed by atoms with Gasteiger partial charge >= 0.3 is 0 Å². The lowest BCUT2D eigenvalue weighted by Gasteiger charge is -2.28. The molecule has 3 heteroatoms. The molecule has 106 valence electrons. The monoisotopic (exact) mass is 262 g/mol. The van der Waals surface area contributed by atoms with E-state index in [-0.39, 0.29) is 0 Å². The van der Waals surface area contributed by atoms with Gasteiger partial charge < -0.3 is 15.0 Å². The normalized spacial score (nSPS) is 16.4. The highest BCUT2D eigenvalue weighted by Crippen LogP contribution is 2.30. The number of nitrogens with one attached hydrogen (secondary N) is 1. The van der Waals surface area contributed by atoms with E-state index in [1.165, 1.54) is 18.5 Å². The Morgan fingerprint density at radius 3 is 2.95 bits per heavy atom. The van der Waals surface area contributed by atoms with Gasteiger partial charge in [0.05, 0.1) is 12.3 Å². The first-order valence-electron chi connectivity index (χ1n) is 7.55. The SMILES string of the molecule is CCCNC(CC)CN1CCCOc2ccccc21. The minimum absolute atomic E-state index is 0.561. The summed E-state index contributed by atoms with van der Waals surface area (Å²) in [5.74, 6) is 1.03. The van der Waals surface area contributed by atoms with Crippen molar-refractivity contribution in [3.05, 3.63) is 24.3 Å². The van der Waals surface area contributed by atoms with Crippen LogP contribution in [-0.4, -0.2) is 32.3 Å². The van der Waals surface area contributed by atoms with Crippen molar-refractivity contribution in [3.63, 3.8) is 0 Å². The quantitative estimate of drug-likeness (QED) is 0.853. The lowest BCUT2D eigenvalue weighted by atomic mass is 10.1. The number of anilines is 1. The van der Waals surface area contributed by atoms with E-state index in [2.05, 4.69) is 48.3 Å². The van der Waals surface area contributed by atoms with E-state index < -0.39 is 0 Å². The molecule has 19 heavy (non-hydrogen) atoms. The van der Waals surface area contributed by atoms with Crippen LogP contribution in [0.5, 0.6) is 5.75 Å². The molecule has 1 N–H and O–H groups in total. The van der Waals surface area contributed by atoms with Gasteiger partial charge in [-0.1, -0.05) is 26.0 Å². The molecule has 0 aromatic heterocycles. The van der Waals surface area contributed by atoms with Crippen molar-refractivity contribution in [2.24, 2.45) is 0 Å². The van der Waals surface area contributed by atoms with Crippen molar-refractivity contribution in [2.75, 3.05) is 31.1 Å². The third-order valence-corrected chi connectivity index (χ3v) is 3.65. The van der Waals surface area contributed by atoms with E-state index >= 15 is 0 Å². The van der Waals surface area contributed by atoms with E-state index in [1.807, 2.05) is 0 Å². The molecule has 1 unspecified atom stereocenters. The molecule has 1 atom stereocenters. The molecule has 0 aliphatic carbocycles. The van der Waals surface area contributed by atoms with Crippen LogP contribution in [0.4, 0.5) is 5.69 Å². The van der Waals surface area contributed by atoms with Crippen molar-refractivity contribution >= 4 is 5.69 Å². The van der Waals surface area contributed by atoms with Gasteiger partial charge in [-0.25, -0.2) is 0 Å². The fourth-order valence-corrected chi connectivity index (χ4v) is 2.54. The molecule has 1 heterocycles. The predicted molar refractivity (Wildman–Crippen MR) is 81.1 cm³/mol. The number of hydrogen-bond donors (Lipinski definition) is 1. The highest BCUT2D eigenvalue weighted by molar-refractivity contribution is 5.59. The number of benzene rings is 1. The van der Waals surface area contributed by atoms with Crippen LogP contribution in [0.3, 0.4) is 0 Å². The van der Waals surface area contributed by atoms with Crippen LogP contribution in [0.2, 0.25) is 0 Å². The third-order valence-electron chi connectivity index (χ3n) is 3.65. The summed E-state index contributed by atoms with van der Waals surface area (Å²) in [6.45, 7) is 8.55. The lowest BCUT2D eigenvalue weighted by Crippen LogP contribution is -2.41. The zero-order valence-electron chi connectivity index (χ0n) is 12.2. The Balaban J connectivity index is 2.06. The zero-order chi connectivity index (χ0) is 13.5. The second-order valence-corrected chi connectivity index (χ2v) is 5.18. The summed E-state index contributed by atoms with van der Waals surface area (Å²) >= 11 is 0. The molecule has 1 aromatic carbocycles. The van der Waals surface area contributed by atoms with Crippen LogP contribution in [0, 0.1) is 0 Å². The van der Waals surface area contributed by atoms with Gasteiger partial charge in [-0.15, -0.1) is 0 Å². The molecule has 0 saturated carbocycles. The summed E-state index contributed by atoms with van der Waals surface area (Å²) in [5.41, 5.74) is 1.25.